The zero-order valence-electron chi connectivity index (χ0n) is 8.13. The Hall–Kier alpha value is -0.780. The molecule has 0 radical (unpaired) electrons. The van der Waals surface area contributed by atoms with Crippen LogP contribution in [0.5, 0.6) is 0 Å². The Morgan fingerprint density at radius 1 is 1.60 bits per heavy atom. The number of hydrogen-bond donors (Lipinski definition) is 1. The van der Waals surface area contributed by atoms with Gasteiger partial charge in [0.2, 0.25) is 0 Å². The fourth-order valence-corrected chi connectivity index (χ4v) is 3.19. The van der Waals surface area contributed by atoms with Crippen LogP contribution in [0.1, 0.15) is 16.5 Å². The molecule has 0 saturated heterocycles. The Balaban J connectivity index is 2.07. The number of furan rings is 1. The molecular weight excluding hydrogens is 228 g/mol. The van der Waals surface area contributed by atoms with Crippen molar-refractivity contribution in [2.45, 2.75) is 16.8 Å². The van der Waals surface area contributed by atoms with Crippen LogP contribution in [0.3, 0.4) is 0 Å². The van der Waals surface area contributed by atoms with E-state index >= 15 is 0 Å². The van der Waals surface area contributed by atoms with Gasteiger partial charge in [0.15, 0.2) is 5.09 Å². The second kappa shape index (κ2) is 5.34. The van der Waals surface area contributed by atoms with Gasteiger partial charge in [-0.25, -0.2) is 0 Å². The zero-order chi connectivity index (χ0) is 10.5. The van der Waals surface area contributed by atoms with E-state index in [9.17, 15) is 0 Å². The first-order valence-corrected chi connectivity index (χ1v) is 6.44. The predicted molar refractivity (Wildman–Crippen MR) is 63.1 cm³/mol. The molecule has 3 nitrogen and oxygen atoms in total. The average Bonchev–Trinajstić information content (AvgIpc) is 2.89. The molecule has 0 spiro atoms. The first-order chi connectivity index (χ1) is 7.40. The van der Waals surface area contributed by atoms with Crippen molar-refractivity contribution < 1.29 is 4.42 Å². The van der Waals surface area contributed by atoms with Crippen molar-refractivity contribution in [2.75, 3.05) is 6.54 Å². The summed E-state index contributed by atoms with van der Waals surface area (Å²) in [5, 5.41) is 1.29. The maximum Gasteiger partial charge on any atom is 0.160 e. The lowest BCUT2D eigenvalue weighted by atomic mass is 10.3. The van der Waals surface area contributed by atoms with E-state index in [2.05, 4.69) is 4.98 Å². The van der Waals surface area contributed by atoms with Gasteiger partial charge in [-0.15, -0.1) is 11.3 Å². The highest BCUT2D eigenvalue weighted by Gasteiger charge is 2.15. The minimum atomic E-state index is 0.355. The van der Waals surface area contributed by atoms with Crippen LogP contribution >= 0.6 is 23.1 Å². The monoisotopic (exact) mass is 240 g/mol. The number of thiazole rings is 1. The van der Waals surface area contributed by atoms with Crippen LogP contribution in [0.4, 0.5) is 0 Å². The molecule has 0 amide bonds. The summed E-state index contributed by atoms with van der Waals surface area (Å²) < 4.78 is 5.31. The molecule has 0 aliphatic carbocycles. The maximum absolute atomic E-state index is 5.60. The van der Waals surface area contributed by atoms with E-state index in [1.54, 1.807) is 29.4 Å². The second-order valence-electron chi connectivity index (χ2n) is 3.02. The molecule has 0 aliphatic heterocycles. The summed E-state index contributed by atoms with van der Waals surface area (Å²) in [5.41, 5.74) is 7.45. The Kier molecular flexibility index (Phi) is 3.82. The highest BCUT2D eigenvalue weighted by atomic mass is 32.2. The van der Waals surface area contributed by atoms with Crippen LogP contribution in [-0.4, -0.2) is 11.5 Å². The van der Waals surface area contributed by atoms with Crippen LogP contribution in [0.2, 0.25) is 0 Å². The third kappa shape index (κ3) is 2.84. The quantitative estimate of drug-likeness (QED) is 0.816. The van der Waals surface area contributed by atoms with Gasteiger partial charge in [0.25, 0.3) is 0 Å². The minimum Gasteiger partial charge on any atom is -0.458 e. The van der Waals surface area contributed by atoms with Gasteiger partial charge in [0.05, 0.1) is 11.8 Å². The largest absolute Gasteiger partial charge is 0.458 e. The lowest BCUT2D eigenvalue weighted by Gasteiger charge is -2.11. The smallest absolute Gasteiger partial charge is 0.160 e. The van der Waals surface area contributed by atoms with E-state index in [0.717, 1.165) is 11.5 Å². The van der Waals surface area contributed by atoms with Crippen molar-refractivity contribution in [3.8, 4) is 0 Å². The number of rotatable bonds is 5. The summed E-state index contributed by atoms with van der Waals surface area (Å²) in [5.74, 6) is 0. The number of nitrogens with zero attached hydrogens (tertiary/aromatic N) is 1. The van der Waals surface area contributed by atoms with E-state index in [4.69, 9.17) is 10.2 Å². The molecule has 0 aromatic carbocycles. The van der Waals surface area contributed by atoms with E-state index in [0.29, 0.717) is 11.8 Å². The second-order valence-corrected chi connectivity index (χ2v) is 5.14. The molecule has 2 aromatic heterocycles. The SMILES string of the molecule is NCCC(Sc1ccco1)c1cncs1. The lowest BCUT2D eigenvalue weighted by Crippen LogP contribution is -2.03. The van der Waals surface area contributed by atoms with Crippen molar-refractivity contribution >= 4 is 23.1 Å². The van der Waals surface area contributed by atoms with Gasteiger partial charge in [0, 0.05) is 16.3 Å². The minimum absolute atomic E-state index is 0.355. The number of thioether (sulfide) groups is 1. The van der Waals surface area contributed by atoms with Crippen LogP contribution in [0, 0.1) is 0 Å². The lowest BCUT2D eigenvalue weighted by molar-refractivity contribution is 0.473. The molecule has 2 aromatic rings. The average molecular weight is 240 g/mol. The van der Waals surface area contributed by atoms with Gasteiger partial charge < -0.3 is 10.2 Å². The highest BCUT2D eigenvalue weighted by molar-refractivity contribution is 7.99. The van der Waals surface area contributed by atoms with Gasteiger partial charge in [-0.1, -0.05) is 11.8 Å². The molecular formula is C10H12N2OS2. The Morgan fingerprint density at radius 2 is 2.53 bits per heavy atom. The molecule has 0 saturated carbocycles. The fourth-order valence-electron chi connectivity index (χ4n) is 1.27. The van der Waals surface area contributed by atoms with E-state index in [-0.39, 0.29) is 0 Å². The van der Waals surface area contributed by atoms with Crippen molar-refractivity contribution in [1.29, 1.82) is 0 Å². The summed E-state index contributed by atoms with van der Waals surface area (Å²) in [4.78, 5) is 5.34. The summed E-state index contributed by atoms with van der Waals surface area (Å²) in [6.07, 6.45) is 4.53. The first-order valence-electron chi connectivity index (χ1n) is 4.69. The Bertz CT molecular complexity index is 372. The van der Waals surface area contributed by atoms with Crippen molar-refractivity contribution in [1.82, 2.24) is 4.98 Å². The molecule has 1 unspecified atom stereocenters. The molecule has 2 rings (SSSR count). The van der Waals surface area contributed by atoms with E-state index in [1.165, 1.54) is 4.88 Å². The normalized spacial score (nSPS) is 12.9. The van der Waals surface area contributed by atoms with Crippen LogP contribution < -0.4 is 5.73 Å². The first kappa shape index (κ1) is 10.7. The maximum atomic E-state index is 5.60. The van der Waals surface area contributed by atoms with Gasteiger partial charge in [-0.2, -0.15) is 0 Å². The molecule has 0 fully saturated rings. The van der Waals surface area contributed by atoms with E-state index in [1.807, 2.05) is 23.8 Å². The van der Waals surface area contributed by atoms with Gasteiger partial charge >= 0.3 is 0 Å². The number of nitrogens with two attached hydrogens (primary N) is 1. The molecule has 0 aliphatic rings. The fraction of sp³-hybridized carbons (Fsp3) is 0.300. The van der Waals surface area contributed by atoms with Crippen molar-refractivity contribution in [3.05, 3.63) is 35.0 Å². The van der Waals surface area contributed by atoms with Gasteiger partial charge in [-0.05, 0) is 25.1 Å². The molecule has 80 valence electrons. The van der Waals surface area contributed by atoms with Crippen LogP contribution in [0.15, 0.2) is 39.6 Å². The Labute approximate surface area is 96.7 Å². The molecule has 5 heteroatoms. The molecule has 0 bridgehead atoms. The van der Waals surface area contributed by atoms with Crippen LogP contribution in [0.25, 0.3) is 0 Å². The topological polar surface area (TPSA) is 52.0 Å². The summed E-state index contributed by atoms with van der Waals surface area (Å²) >= 11 is 3.37. The summed E-state index contributed by atoms with van der Waals surface area (Å²) in [6.45, 7) is 0.677. The van der Waals surface area contributed by atoms with E-state index < -0.39 is 0 Å². The molecule has 15 heavy (non-hydrogen) atoms. The third-order valence-electron chi connectivity index (χ3n) is 1.95. The molecule has 2 heterocycles. The summed E-state index contributed by atoms with van der Waals surface area (Å²) in [6, 6.07) is 3.86. The standard InChI is InChI=1S/C10H12N2OS2/c11-4-3-8(9-6-12-7-14-9)15-10-2-1-5-13-10/h1-2,5-8H,3-4,11H2. The zero-order valence-corrected chi connectivity index (χ0v) is 9.76. The molecule has 1 atom stereocenters. The van der Waals surface area contributed by atoms with Gasteiger partial charge in [0.1, 0.15) is 0 Å². The number of aromatic nitrogens is 1. The highest BCUT2D eigenvalue weighted by Crippen LogP contribution is 2.38. The van der Waals surface area contributed by atoms with Crippen LogP contribution in [-0.2, 0) is 0 Å². The summed E-state index contributed by atoms with van der Waals surface area (Å²) in [7, 11) is 0. The van der Waals surface area contributed by atoms with Crippen molar-refractivity contribution in [3.63, 3.8) is 0 Å². The van der Waals surface area contributed by atoms with Gasteiger partial charge in [-0.3, -0.25) is 4.98 Å². The Morgan fingerprint density at radius 3 is 3.13 bits per heavy atom. The predicted octanol–water partition coefficient (Wildman–Crippen LogP) is 2.92. The number of hydrogen-bond acceptors (Lipinski definition) is 5. The third-order valence-corrected chi connectivity index (χ3v) is 4.23. The van der Waals surface area contributed by atoms with Crippen molar-refractivity contribution in [2.24, 2.45) is 5.73 Å². The molecule has 2 N–H and O–H groups in total.